The molecule has 0 aliphatic heterocycles. The van der Waals surface area contributed by atoms with Gasteiger partial charge in [-0.1, -0.05) is 37.3 Å². The summed E-state index contributed by atoms with van der Waals surface area (Å²) in [6, 6.07) is 10.4. The highest BCUT2D eigenvalue weighted by Crippen LogP contribution is 2.35. The average molecular weight is 226 g/mol. The fourth-order valence-corrected chi connectivity index (χ4v) is 1.87. The molecule has 1 aromatic rings. The van der Waals surface area contributed by atoms with Crippen molar-refractivity contribution < 1.29 is 0 Å². The van der Waals surface area contributed by atoms with E-state index in [-0.39, 0.29) is 4.87 Å². The van der Waals surface area contributed by atoms with Crippen LogP contribution in [0.15, 0.2) is 30.3 Å². The number of benzene rings is 1. The number of nitrogens with zero attached hydrogens (tertiary/aromatic N) is 1. The summed E-state index contributed by atoms with van der Waals surface area (Å²) in [6.45, 7) is 3.17. The summed E-state index contributed by atoms with van der Waals surface area (Å²) in [6.07, 6.45) is 1.95. The van der Waals surface area contributed by atoms with Gasteiger partial charge in [0.05, 0.1) is 4.87 Å². The maximum Gasteiger partial charge on any atom is 0.0704 e. The van der Waals surface area contributed by atoms with E-state index in [9.17, 15) is 0 Å². The third-order valence-corrected chi connectivity index (χ3v) is 3.48. The normalized spacial score (nSPS) is 15.3. The molecule has 0 saturated heterocycles. The molecule has 0 saturated carbocycles. The summed E-state index contributed by atoms with van der Waals surface area (Å²) in [4.78, 5) is 1.97. The van der Waals surface area contributed by atoms with Crippen molar-refractivity contribution in [1.29, 1.82) is 0 Å². The Bertz CT molecular complexity index is 284. The zero-order valence-electron chi connectivity index (χ0n) is 9.83. The first kappa shape index (κ1) is 12.5. The highest BCUT2D eigenvalue weighted by Gasteiger charge is 2.26. The van der Waals surface area contributed by atoms with Gasteiger partial charge in [-0.3, -0.25) is 0 Å². The predicted molar refractivity (Wildman–Crippen MR) is 67.4 cm³/mol. The predicted octanol–water partition coefficient (Wildman–Crippen LogP) is 3.48. The van der Waals surface area contributed by atoms with Gasteiger partial charge in [0.1, 0.15) is 0 Å². The summed E-state index contributed by atoms with van der Waals surface area (Å²) in [5.41, 5.74) is 1.23. The Morgan fingerprint density at radius 2 is 1.80 bits per heavy atom. The van der Waals surface area contributed by atoms with Crippen molar-refractivity contribution in [2.24, 2.45) is 0 Å². The van der Waals surface area contributed by atoms with Crippen LogP contribution in [0.25, 0.3) is 0 Å². The Labute approximate surface area is 98.0 Å². The highest BCUT2D eigenvalue weighted by molar-refractivity contribution is 6.24. The molecule has 2 heteroatoms. The molecular formula is C13H20ClN. The molecule has 1 aromatic carbocycles. The third-order valence-electron chi connectivity index (χ3n) is 2.81. The quantitative estimate of drug-likeness (QED) is 0.694. The van der Waals surface area contributed by atoms with Crippen molar-refractivity contribution in [3.05, 3.63) is 35.9 Å². The van der Waals surface area contributed by atoms with E-state index in [2.05, 4.69) is 50.2 Å². The number of rotatable bonds is 5. The van der Waals surface area contributed by atoms with Gasteiger partial charge >= 0.3 is 0 Å². The molecule has 0 aliphatic carbocycles. The Balaban J connectivity index is 2.76. The Morgan fingerprint density at radius 1 is 1.20 bits per heavy atom. The van der Waals surface area contributed by atoms with Gasteiger partial charge in [0.15, 0.2) is 0 Å². The van der Waals surface area contributed by atoms with Crippen LogP contribution in [0.2, 0.25) is 0 Å². The van der Waals surface area contributed by atoms with Gasteiger partial charge in [0.2, 0.25) is 0 Å². The van der Waals surface area contributed by atoms with Crippen molar-refractivity contribution in [2.75, 3.05) is 20.6 Å². The zero-order valence-corrected chi connectivity index (χ0v) is 10.6. The number of halogens is 1. The molecule has 0 radical (unpaired) electrons. The molecule has 15 heavy (non-hydrogen) atoms. The highest BCUT2D eigenvalue weighted by atomic mass is 35.5. The second-order valence-corrected chi connectivity index (χ2v) is 4.96. The minimum Gasteiger partial charge on any atom is -0.309 e. The first-order chi connectivity index (χ1) is 7.08. The van der Waals surface area contributed by atoms with E-state index in [0.29, 0.717) is 0 Å². The Hall–Kier alpha value is -0.530. The third kappa shape index (κ3) is 3.51. The number of hydrogen-bond acceptors (Lipinski definition) is 1. The maximum atomic E-state index is 6.67. The van der Waals surface area contributed by atoms with Gasteiger partial charge in [0, 0.05) is 0 Å². The van der Waals surface area contributed by atoms with E-state index in [1.165, 1.54) is 5.56 Å². The van der Waals surface area contributed by atoms with E-state index in [1.54, 1.807) is 0 Å². The van der Waals surface area contributed by atoms with Gasteiger partial charge < -0.3 is 4.90 Å². The topological polar surface area (TPSA) is 3.24 Å². The van der Waals surface area contributed by atoms with Gasteiger partial charge in [0.25, 0.3) is 0 Å². The molecule has 0 amide bonds. The molecule has 84 valence electrons. The second kappa shape index (κ2) is 5.53. The smallest absolute Gasteiger partial charge is 0.0704 e. The Kier molecular flexibility index (Phi) is 4.62. The van der Waals surface area contributed by atoms with Crippen molar-refractivity contribution in [1.82, 2.24) is 4.90 Å². The molecule has 0 aliphatic rings. The lowest BCUT2D eigenvalue weighted by Crippen LogP contribution is -2.25. The summed E-state index contributed by atoms with van der Waals surface area (Å²) in [5.74, 6) is 0. The lowest BCUT2D eigenvalue weighted by molar-refractivity contribution is 0.362. The lowest BCUT2D eigenvalue weighted by Gasteiger charge is -2.27. The second-order valence-electron chi connectivity index (χ2n) is 4.24. The monoisotopic (exact) mass is 225 g/mol. The molecule has 0 heterocycles. The summed E-state index contributed by atoms with van der Waals surface area (Å²) in [5, 5.41) is 0. The van der Waals surface area contributed by atoms with Crippen molar-refractivity contribution in [3.8, 4) is 0 Å². The number of alkyl halides is 1. The van der Waals surface area contributed by atoms with Crippen molar-refractivity contribution >= 4 is 11.6 Å². The molecular weight excluding hydrogens is 206 g/mol. The van der Waals surface area contributed by atoms with Crippen LogP contribution in [0.4, 0.5) is 0 Å². The molecule has 0 N–H and O–H groups in total. The summed E-state index contributed by atoms with van der Waals surface area (Å²) in [7, 11) is 4.16. The van der Waals surface area contributed by atoms with E-state index < -0.39 is 0 Å². The van der Waals surface area contributed by atoms with Crippen molar-refractivity contribution in [2.45, 2.75) is 24.6 Å². The van der Waals surface area contributed by atoms with Crippen LogP contribution in [0, 0.1) is 0 Å². The van der Waals surface area contributed by atoms with Gasteiger partial charge in [-0.05, 0) is 39.0 Å². The molecule has 1 atom stereocenters. The van der Waals surface area contributed by atoms with Crippen LogP contribution in [-0.4, -0.2) is 25.5 Å². The van der Waals surface area contributed by atoms with Crippen LogP contribution in [-0.2, 0) is 4.87 Å². The molecule has 1 nitrogen and oxygen atoms in total. The van der Waals surface area contributed by atoms with Crippen LogP contribution in [0.3, 0.4) is 0 Å². The number of hydrogen-bond donors (Lipinski definition) is 0. The minimum atomic E-state index is -0.203. The molecule has 0 spiro atoms. The molecule has 0 fully saturated rings. The first-order valence-electron chi connectivity index (χ1n) is 5.47. The van der Waals surface area contributed by atoms with E-state index >= 15 is 0 Å². The van der Waals surface area contributed by atoms with Gasteiger partial charge in [-0.15, -0.1) is 11.6 Å². The molecule has 0 bridgehead atoms. The van der Waals surface area contributed by atoms with E-state index in [1.807, 2.05) is 6.07 Å². The molecule has 1 rings (SSSR count). The lowest BCUT2D eigenvalue weighted by atomic mass is 9.92. The first-order valence-corrected chi connectivity index (χ1v) is 5.85. The van der Waals surface area contributed by atoms with E-state index in [0.717, 1.165) is 19.4 Å². The fraction of sp³-hybridized carbons (Fsp3) is 0.538. The SMILES string of the molecule is CCC(Cl)(CCN(C)C)c1ccccc1. The maximum absolute atomic E-state index is 6.67. The van der Waals surface area contributed by atoms with Crippen molar-refractivity contribution in [3.63, 3.8) is 0 Å². The molecule has 0 aromatic heterocycles. The minimum absolute atomic E-state index is 0.203. The fourth-order valence-electron chi connectivity index (χ4n) is 1.66. The van der Waals surface area contributed by atoms with Gasteiger partial charge in [-0.25, -0.2) is 0 Å². The largest absolute Gasteiger partial charge is 0.309 e. The molecule has 1 unspecified atom stereocenters. The average Bonchev–Trinajstić information content (AvgIpc) is 2.27. The van der Waals surface area contributed by atoms with Crippen LogP contribution >= 0.6 is 11.6 Å². The standard InChI is InChI=1S/C13H20ClN/c1-4-13(14,10-11-15(2)3)12-8-6-5-7-9-12/h5-9H,4,10-11H2,1-3H3. The summed E-state index contributed by atoms with van der Waals surface area (Å²) < 4.78 is 0. The van der Waals surface area contributed by atoms with Crippen LogP contribution in [0.5, 0.6) is 0 Å². The van der Waals surface area contributed by atoms with Crippen LogP contribution < -0.4 is 0 Å². The van der Waals surface area contributed by atoms with Gasteiger partial charge in [-0.2, -0.15) is 0 Å². The van der Waals surface area contributed by atoms with E-state index in [4.69, 9.17) is 11.6 Å². The summed E-state index contributed by atoms with van der Waals surface area (Å²) >= 11 is 6.67. The Morgan fingerprint density at radius 3 is 2.27 bits per heavy atom. The zero-order chi connectivity index (χ0) is 11.3. The van der Waals surface area contributed by atoms with Crippen LogP contribution in [0.1, 0.15) is 25.3 Å².